The van der Waals surface area contributed by atoms with Gasteiger partial charge in [-0.3, -0.25) is 0 Å². The van der Waals surface area contributed by atoms with Crippen LogP contribution in [0.2, 0.25) is 0 Å². The van der Waals surface area contributed by atoms with Gasteiger partial charge in [0.2, 0.25) is 6.71 Å². The molecule has 7 aromatic rings. The SMILES string of the molecule is CC(C)(C)c1ccc(N(c2ccc(C(C)(C)C)cc2)c2cc3c4c(c2)N2c5c(cc(C(C)(C)C)cc5C5(C)CCCCC25C)B4C2=C(c4cc(C(C)(C)C)ccc4C2(C)C)N3c2ccc(C(C)(C)C)cc2-c2ccccc2)cc1. The molecule has 0 radical (unpaired) electrons. The Bertz CT molecular complexity index is 3580. The van der Waals surface area contributed by atoms with Gasteiger partial charge in [-0.15, -0.1) is 0 Å². The first kappa shape index (κ1) is 53.4. The van der Waals surface area contributed by atoms with Crippen molar-refractivity contribution in [3.63, 3.8) is 0 Å². The molecule has 0 bridgehead atoms. The molecule has 0 N–H and O–H groups in total. The fraction of sp³-hybridized carbons (Fsp3) is 0.413. The molecule has 5 aliphatic rings. The highest BCUT2D eigenvalue weighted by molar-refractivity contribution is 6.96. The third kappa shape index (κ3) is 8.09. The first-order valence-electron chi connectivity index (χ1n) is 29.9. The normalized spacial score (nSPS) is 20.2. The summed E-state index contributed by atoms with van der Waals surface area (Å²) >= 11 is 0. The van der Waals surface area contributed by atoms with Crippen LogP contribution >= 0.6 is 0 Å². The summed E-state index contributed by atoms with van der Waals surface area (Å²) in [6.45, 7) is 45.9. The zero-order chi connectivity index (χ0) is 56.5. The van der Waals surface area contributed by atoms with E-state index >= 15 is 0 Å². The van der Waals surface area contributed by atoms with E-state index < -0.39 is 0 Å². The largest absolute Gasteiger partial charge is 0.335 e. The number of hydrogen-bond donors (Lipinski definition) is 0. The molecule has 7 aromatic carbocycles. The molecule has 3 heterocycles. The number of fused-ring (bicyclic) bond motifs is 8. The van der Waals surface area contributed by atoms with E-state index in [1.54, 1.807) is 5.56 Å². The molecule has 2 aliphatic carbocycles. The number of nitrogens with zero attached hydrogens (tertiary/aromatic N) is 3. The van der Waals surface area contributed by atoms with Gasteiger partial charge in [0.25, 0.3) is 0 Å². The second kappa shape index (κ2) is 17.4. The maximum atomic E-state index is 2.95. The lowest BCUT2D eigenvalue weighted by atomic mass is 9.30. The summed E-state index contributed by atoms with van der Waals surface area (Å²) < 4.78 is 0. The van der Waals surface area contributed by atoms with E-state index in [9.17, 15) is 0 Å². The molecule has 0 amide bonds. The Balaban J connectivity index is 1.28. The van der Waals surface area contributed by atoms with Crippen molar-refractivity contribution in [2.24, 2.45) is 0 Å². The molecule has 0 spiro atoms. The van der Waals surface area contributed by atoms with Gasteiger partial charge in [0.05, 0.1) is 16.9 Å². The molecule has 0 saturated heterocycles. The van der Waals surface area contributed by atoms with Crippen LogP contribution in [0.25, 0.3) is 16.8 Å². The highest BCUT2D eigenvalue weighted by Crippen LogP contribution is 2.65. The minimum atomic E-state index is -0.308. The van der Waals surface area contributed by atoms with Gasteiger partial charge < -0.3 is 14.7 Å². The molecular formula is C75H88BN3. The fourth-order valence-corrected chi connectivity index (χ4v) is 14.9. The van der Waals surface area contributed by atoms with Gasteiger partial charge >= 0.3 is 0 Å². The summed E-state index contributed by atoms with van der Waals surface area (Å²) in [7, 11) is 0. The van der Waals surface area contributed by atoms with Crippen molar-refractivity contribution in [1.82, 2.24) is 0 Å². The summed E-state index contributed by atoms with van der Waals surface area (Å²) in [5.41, 5.74) is 27.5. The van der Waals surface area contributed by atoms with Crippen molar-refractivity contribution in [1.29, 1.82) is 0 Å². The maximum absolute atomic E-state index is 2.95. The topological polar surface area (TPSA) is 9.72 Å². The average Bonchev–Trinajstić information content (AvgIpc) is 2.41. The first-order valence-corrected chi connectivity index (χ1v) is 29.9. The quantitative estimate of drug-likeness (QED) is 0.159. The Kier molecular flexibility index (Phi) is 11.7. The van der Waals surface area contributed by atoms with E-state index in [4.69, 9.17) is 0 Å². The van der Waals surface area contributed by atoms with Gasteiger partial charge in [0, 0.05) is 56.1 Å². The summed E-state index contributed by atoms with van der Waals surface area (Å²) in [5, 5.41) is 0. The molecule has 0 aromatic heterocycles. The highest BCUT2D eigenvalue weighted by Gasteiger charge is 2.63. The van der Waals surface area contributed by atoms with E-state index in [2.05, 4.69) is 286 Å². The zero-order valence-electron chi connectivity index (χ0n) is 51.5. The lowest BCUT2D eigenvalue weighted by Gasteiger charge is -2.53. The maximum Gasteiger partial charge on any atom is 0.248 e. The van der Waals surface area contributed by atoms with Crippen LogP contribution in [0.4, 0.5) is 39.8 Å². The predicted molar refractivity (Wildman–Crippen MR) is 343 cm³/mol. The molecule has 4 heteroatoms. The van der Waals surface area contributed by atoms with E-state index in [1.165, 1.54) is 120 Å². The minimum absolute atomic E-state index is 0.00468. The third-order valence-corrected chi connectivity index (χ3v) is 20.0. The highest BCUT2D eigenvalue weighted by atomic mass is 15.3. The van der Waals surface area contributed by atoms with E-state index in [1.807, 2.05) is 0 Å². The number of allylic oxidation sites excluding steroid dienone is 1. The van der Waals surface area contributed by atoms with Crippen LogP contribution in [0.1, 0.15) is 202 Å². The van der Waals surface area contributed by atoms with E-state index in [0.717, 1.165) is 17.8 Å². The Labute approximate surface area is 476 Å². The van der Waals surface area contributed by atoms with Crippen LogP contribution in [0.15, 0.2) is 145 Å². The van der Waals surface area contributed by atoms with Gasteiger partial charge in [-0.2, -0.15) is 0 Å². The van der Waals surface area contributed by atoms with Crippen molar-refractivity contribution < 1.29 is 0 Å². The molecule has 3 nitrogen and oxygen atoms in total. The number of anilines is 7. The van der Waals surface area contributed by atoms with Crippen molar-refractivity contribution in [3.8, 4) is 11.1 Å². The molecule has 3 aliphatic heterocycles. The van der Waals surface area contributed by atoms with Gasteiger partial charge in [-0.05, 0) is 157 Å². The Morgan fingerprint density at radius 2 is 0.949 bits per heavy atom. The first-order chi connectivity index (χ1) is 36.8. The monoisotopic (exact) mass is 1040 g/mol. The Morgan fingerprint density at radius 1 is 0.443 bits per heavy atom. The van der Waals surface area contributed by atoms with Crippen molar-refractivity contribution in [2.75, 3.05) is 14.7 Å². The Morgan fingerprint density at radius 3 is 1.51 bits per heavy atom. The van der Waals surface area contributed by atoms with Crippen LogP contribution in [0.3, 0.4) is 0 Å². The second-order valence-electron chi connectivity index (χ2n) is 30.7. The second-order valence-corrected chi connectivity index (χ2v) is 30.7. The van der Waals surface area contributed by atoms with Crippen LogP contribution in [-0.4, -0.2) is 12.3 Å². The number of rotatable bonds is 5. The number of benzene rings is 7. The van der Waals surface area contributed by atoms with Gasteiger partial charge in [-0.1, -0.05) is 228 Å². The lowest BCUT2D eigenvalue weighted by molar-refractivity contribution is 0.195. The molecule has 406 valence electrons. The van der Waals surface area contributed by atoms with Crippen LogP contribution in [-0.2, 0) is 37.9 Å². The molecule has 1 saturated carbocycles. The van der Waals surface area contributed by atoms with E-state index in [0.29, 0.717) is 0 Å². The van der Waals surface area contributed by atoms with Crippen LogP contribution < -0.4 is 25.6 Å². The van der Waals surface area contributed by atoms with Crippen LogP contribution in [0, 0.1) is 0 Å². The smallest absolute Gasteiger partial charge is 0.248 e. The molecule has 1 fully saturated rings. The van der Waals surface area contributed by atoms with Crippen molar-refractivity contribution in [3.05, 3.63) is 190 Å². The fourth-order valence-electron chi connectivity index (χ4n) is 14.9. The standard InChI is InChI=1S/C75H88BN3/c1-68(2,3)48-27-33-53(34-28-48)77(54-35-29-49(30-36-54)69(4,5)6)55-45-62-64-63(46-55)79-66-59(74(18)39-23-24-40-75(74,79)19)43-52(72(13,14)15)44-60(66)76(64)67-65(57-42-50(70(7,8)9)31-37-58(57)73(67,16)17)78(62)61-38-32-51(71(10,11)12)41-56(61)47-25-21-20-22-26-47/h20-22,25-38,41-46H,23-24,39-40H2,1-19H3. The summed E-state index contributed by atoms with van der Waals surface area (Å²) in [4.78, 5) is 8.32. The molecule has 79 heavy (non-hydrogen) atoms. The van der Waals surface area contributed by atoms with E-state index in [-0.39, 0.29) is 50.2 Å². The van der Waals surface area contributed by atoms with Crippen molar-refractivity contribution in [2.45, 2.75) is 201 Å². The molecule has 2 unspecified atom stereocenters. The average molecular weight is 1040 g/mol. The minimum Gasteiger partial charge on any atom is -0.335 e. The predicted octanol–water partition coefficient (Wildman–Crippen LogP) is 19.4. The van der Waals surface area contributed by atoms with Crippen molar-refractivity contribution >= 4 is 63.1 Å². The summed E-state index contributed by atoms with van der Waals surface area (Å²) in [6.07, 6.45) is 4.77. The molecular weight excluding hydrogens is 954 g/mol. The lowest BCUT2D eigenvalue weighted by Crippen LogP contribution is -2.62. The van der Waals surface area contributed by atoms with Gasteiger partial charge in [0.1, 0.15) is 0 Å². The van der Waals surface area contributed by atoms with Gasteiger partial charge in [-0.25, -0.2) is 0 Å². The zero-order valence-corrected chi connectivity index (χ0v) is 51.5. The van der Waals surface area contributed by atoms with Crippen LogP contribution in [0.5, 0.6) is 0 Å². The molecule has 12 rings (SSSR count). The third-order valence-electron chi connectivity index (χ3n) is 20.0. The summed E-state index contributed by atoms with van der Waals surface area (Å²) in [5.74, 6) is 0. The molecule has 2 atom stereocenters. The Hall–Kier alpha value is -6.26. The number of hydrogen-bond acceptors (Lipinski definition) is 3. The summed E-state index contributed by atoms with van der Waals surface area (Å²) in [6, 6.07) is 55.9. The van der Waals surface area contributed by atoms with Gasteiger partial charge in [0.15, 0.2) is 0 Å².